The standard InChI is InChI=1S/C20H26N4O2/c1-3-24-13-16(11-21-24)12-23-10-9-20(17-7-5-4-6-8-17)18(14-23)26-15-19(25)22(20)2/h4-8,11,13,18H,3,9-10,12,14-15H2,1-2H3/t18-,20+/m1/s1. The van der Waals surface area contributed by atoms with E-state index in [2.05, 4.69) is 35.3 Å². The maximum absolute atomic E-state index is 12.4. The molecule has 4 rings (SSSR count). The number of likely N-dealkylation sites (N-methyl/N-ethyl adjacent to an activating group) is 1. The van der Waals surface area contributed by atoms with Crippen molar-refractivity contribution in [3.63, 3.8) is 0 Å². The Kier molecular flexibility index (Phi) is 4.54. The third-order valence-corrected chi connectivity index (χ3v) is 5.84. The van der Waals surface area contributed by atoms with Gasteiger partial charge in [-0.25, -0.2) is 0 Å². The van der Waals surface area contributed by atoms with Crippen molar-refractivity contribution in [2.45, 2.75) is 38.1 Å². The monoisotopic (exact) mass is 354 g/mol. The maximum Gasteiger partial charge on any atom is 0.249 e. The zero-order valence-corrected chi connectivity index (χ0v) is 15.5. The van der Waals surface area contributed by atoms with Crippen molar-refractivity contribution in [1.29, 1.82) is 0 Å². The molecule has 6 heteroatoms. The second kappa shape index (κ2) is 6.85. The van der Waals surface area contributed by atoms with E-state index in [1.807, 2.05) is 41.0 Å². The normalized spacial score (nSPS) is 26.8. The van der Waals surface area contributed by atoms with Gasteiger partial charge in [0.1, 0.15) is 6.61 Å². The largest absolute Gasteiger partial charge is 0.364 e. The van der Waals surface area contributed by atoms with E-state index in [1.54, 1.807) is 0 Å². The highest BCUT2D eigenvalue weighted by Gasteiger charge is 2.52. The van der Waals surface area contributed by atoms with Crippen LogP contribution in [0.5, 0.6) is 0 Å². The lowest BCUT2D eigenvalue weighted by Gasteiger charge is -2.54. The Hall–Kier alpha value is -2.18. The average molecular weight is 354 g/mol. The molecule has 0 radical (unpaired) electrons. The van der Waals surface area contributed by atoms with E-state index < -0.39 is 0 Å². The molecule has 0 bridgehead atoms. The number of carbonyl (C=O) groups is 1. The van der Waals surface area contributed by atoms with Gasteiger partial charge in [0, 0.05) is 45.0 Å². The summed E-state index contributed by atoms with van der Waals surface area (Å²) in [6.07, 6.45) is 4.89. The van der Waals surface area contributed by atoms with Crippen molar-refractivity contribution in [2.75, 3.05) is 26.7 Å². The summed E-state index contributed by atoms with van der Waals surface area (Å²) >= 11 is 0. The number of likely N-dealkylation sites (tertiary alicyclic amines) is 1. The molecule has 2 atom stereocenters. The molecule has 6 nitrogen and oxygen atoms in total. The molecular weight excluding hydrogens is 328 g/mol. The van der Waals surface area contributed by atoms with Gasteiger partial charge in [0.15, 0.2) is 0 Å². The molecule has 2 saturated heterocycles. The van der Waals surface area contributed by atoms with Gasteiger partial charge < -0.3 is 9.64 Å². The minimum Gasteiger partial charge on any atom is -0.364 e. The number of carbonyl (C=O) groups excluding carboxylic acids is 1. The van der Waals surface area contributed by atoms with Gasteiger partial charge in [0.05, 0.1) is 17.8 Å². The Balaban J connectivity index is 1.58. The van der Waals surface area contributed by atoms with E-state index in [0.29, 0.717) is 0 Å². The minimum absolute atomic E-state index is 0.0254. The van der Waals surface area contributed by atoms with Crippen molar-refractivity contribution >= 4 is 5.91 Å². The number of piperidine rings is 1. The van der Waals surface area contributed by atoms with Crippen LogP contribution in [0.3, 0.4) is 0 Å². The van der Waals surface area contributed by atoms with Crippen molar-refractivity contribution < 1.29 is 9.53 Å². The number of benzene rings is 1. The smallest absolute Gasteiger partial charge is 0.249 e. The van der Waals surface area contributed by atoms with Crippen LogP contribution in [0.15, 0.2) is 42.7 Å². The zero-order chi connectivity index (χ0) is 18.1. The zero-order valence-electron chi connectivity index (χ0n) is 15.5. The lowest BCUT2D eigenvalue weighted by atomic mass is 9.76. The molecule has 1 amide bonds. The van der Waals surface area contributed by atoms with Crippen LogP contribution in [-0.4, -0.2) is 58.3 Å². The molecule has 1 aromatic carbocycles. The van der Waals surface area contributed by atoms with E-state index >= 15 is 0 Å². The Morgan fingerprint density at radius 1 is 1.31 bits per heavy atom. The molecule has 2 fully saturated rings. The van der Waals surface area contributed by atoms with Crippen LogP contribution >= 0.6 is 0 Å². The molecule has 1 aromatic heterocycles. The molecule has 0 spiro atoms. The molecule has 2 aliphatic rings. The summed E-state index contributed by atoms with van der Waals surface area (Å²) in [6.45, 7) is 5.73. The molecule has 138 valence electrons. The number of morpholine rings is 1. The summed E-state index contributed by atoms with van der Waals surface area (Å²) < 4.78 is 8.02. The maximum atomic E-state index is 12.4. The first-order chi connectivity index (χ1) is 12.6. The van der Waals surface area contributed by atoms with Gasteiger partial charge in [0.2, 0.25) is 5.91 Å². The van der Waals surface area contributed by atoms with Crippen LogP contribution in [-0.2, 0) is 28.2 Å². The van der Waals surface area contributed by atoms with E-state index in [0.717, 1.165) is 32.6 Å². The number of rotatable bonds is 4. The number of aromatic nitrogens is 2. The van der Waals surface area contributed by atoms with Crippen LogP contribution in [0.25, 0.3) is 0 Å². The predicted octanol–water partition coefficient (Wildman–Crippen LogP) is 1.86. The highest BCUT2D eigenvalue weighted by atomic mass is 16.5. The summed E-state index contributed by atoms with van der Waals surface area (Å²) in [5, 5.41) is 4.37. The lowest BCUT2D eigenvalue weighted by Crippen LogP contribution is -2.66. The number of hydrogen-bond donors (Lipinski definition) is 0. The number of aryl methyl sites for hydroxylation is 1. The molecule has 0 N–H and O–H groups in total. The quantitative estimate of drug-likeness (QED) is 0.841. The first-order valence-corrected chi connectivity index (χ1v) is 9.31. The molecular formula is C20H26N4O2. The van der Waals surface area contributed by atoms with Crippen LogP contribution in [0.1, 0.15) is 24.5 Å². The second-order valence-corrected chi connectivity index (χ2v) is 7.23. The van der Waals surface area contributed by atoms with E-state index in [1.165, 1.54) is 11.1 Å². The second-order valence-electron chi connectivity index (χ2n) is 7.23. The highest BCUT2D eigenvalue weighted by molar-refractivity contribution is 5.79. The van der Waals surface area contributed by atoms with Gasteiger partial charge in [0.25, 0.3) is 0 Å². The van der Waals surface area contributed by atoms with Gasteiger partial charge in [-0.15, -0.1) is 0 Å². The summed E-state index contributed by atoms with van der Waals surface area (Å²) in [5.41, 5.74) is 2.01. The molecule has 2 aliphatic heterocycles. The molecule has 26 heavy (non-hydrogen) atoms. The van der Waals surface area contributed by atoms with Crippen LogP contribution < -0.4 is 0 Å². The lowest BCUT2D eigenvalue weighted by molar-refractivity contribution is -0.183. The van der Waals surface area contributed by atoms with Crippen molar-refractivity contribution in [3.05, 3.63) is 53.9 Å². The fourth-order valence-electron chi connectivity index (χ4n) is 4.35. The van der Waals surface area contributed by atoms with Crippen molar-refractivity contribution in [3.8, 4) is 0 Å². The predicted molar refractivity (Wildman–Crippen MR) is 98.4 cm³/mol. The van der Waals surface area contributed by atoms with E-state index in [4.69, 9.17) is 4.74 Å². The van der Waals surface area contributed by atoms with Crippen LogP contribution in [0.2, 0.25) is 0 Å². The number of amides is 1. The SMILES string of the molecule is CCn1cc(CN2CC[C@]3(c4ccccc4)[C@@H](C2)OCC(=O)N3C)cn1. The van der Waals surface area contributed by atoms with Crippen molar-refractivity contribution in [1.82, 2.24) is 19.6 Å². The highest BCUT2D eigenvalue weighted by Crippen LogP contribution is 2.42. The molecule has 2 aromatic rings. The number of hydrogen-bond acceptors (Lipinski definition) is 4. The van der Waals surface area contributed by atoms with E-state index in [-0.39, 0.29) is 24.2 Å². The fourth-order valence-corrected chi connectivity index (χ4v) is 4.35. The molecule has 0 unspecified atom stereocenters. The summed E-state index contributed by atoms with van der Waals surface area (Å²) in [7, 11) is 1.92. The third kappa shape index (κ3) is 2.83. The average Bonchev–Trinajstić information content (AvgIpc) is 3.13. The van der Waals surface area contributed by atoms with Gasteiger partial charge in [-0.2, -0.15) is 5.10 Å². The topological polar surface area (TPSA) is 50.6 Å². The molecule has 3 heterocycles. The fraction of sp³-hybridized carbons (Fsp3) is 0.500. The van der Waals surface area contributed by atoms with Crippen LogP contribution in [0, 0.1) is 0 Å². The first kappa shape index (κ1) is 17.2. The molecule has 0 saturated carbocycles. The minimum atomic E-state index is -0.374. The number of fused-ring (bicyclic) bond motifs is 1. The van der Waals surface area contributed by atoms with Gasteiger partial charge >= 0.3 is 0 Å². The summed E-state index contributed by atoms with van der Waals surface area (Å²) in [5.74, 6) is 0.0581. The van der Waals surface area contributed by atoms with E-state index in [9.17, 15) is 4.79 Å². The van der Waals surface area contributed by atoms with Crippen LogP contribution in [0.4, 0.5) is 0 Å². The number of nitrogens with zero attached hydrogens (tertiary/aromatic N) is 4. The summed E-state index contributed by atoms with van der Waals surface area (Å²) in [4.78, 5) is 16.7. The van der Waals surface area contributed by atoms with Crippen molar-refractivity contribution in [2.24, 2.45) is 0 Å². The van der Waals surface area contributed by atoms with Gasteiger partial charge in [-0.05, 0) is 18.9 Å². The first-order valence-electron chi connectivity index (χ1n) is 9.31. The van der Waals surface area contributed by atoms with Gasteiger partial charge in [-0.1, -0.05) is 30.3 Å². The van der Waals surface area contributed by atoms with Gasteiger partial charge in [-0.3, -0.25) is 14.4 Å². The third-order valence-electron chi connectivity index (χ3n) is 5.84. The Bertz CT molecular complexity index is 775. The Morgan fingerprint density at radius 3 is 2.85 bits per heavy atom. The summed E-state index contributed by atoms with van der Waals surface area (Å²) in [6, 6.07) is 10.3. The Morgan fingerprint density at radius 2 is 2.12 bits per heavy atom. The number of ether oxygens (including phenoxy) is 1. The Labute approximate surface area is 154 Å². The molecule has 0 aliphatic carbocycles.